The highest BCUT2D eigenvalue weighted by atomic mass is 32.2. The molecule has 1 saturated carbocycles. The number of hydrogen-bond acceptors (Lipinski definition) is 7. The van der Waals surface area contributed by atoms with Gasteiger partial charge in [-0.25, -0.2) is 27.2 Å². The van der Waals surface area contributed by atoms with Crippen LogP contribution in [0.5, 0.6) is 0 Å². The Morgan fingerprint density at radius 1 is 1.19 bits per heavy atom. The molecule has 1 aliphatic heterocycles. The van der Waals surface area contributed by atoms with Crippen molar-refractivity contribution in [3.63, 3.8) is 0 Å². The van der Waals surface area contributed by atoms with Crippen molar-refractivity contribution in [2.75, 3.05) is 18.0 Å². The van der Waals surface area contributed by atoms with Crippen molar-refractivity contribution in [3.8, 4) is 0 Å². The van der Waals surface area contributed by atoms with Gasteiger partial charge >= 0.3 is 6.36 Å². The molecule has 1 aromatic heterocycles. The van der Waals surface area contributed by atoms with Gasteiger partial charge in [0.2, 0.25) is 5.91 Å². The number of benzene rings is 1. The lowest BCUT2D eigenvalue weighted by molar-refractivity contribution is -0.344. The highest BCUT2D eigenvalue weighted by molar-refractivity contribution is 7.92. The van der Waals surface area contributed by atoms with Gasteiger partial charge in [-0.2, -0.15) is 0 Å². The highest BCUT2D eigenvalue weighted by Gasteiger charge is 2.51. The largest absolute Gasteiger partial charge is 0.522 e. The fraction of sp³-hybridized carbons (Fsp3) is 0.500. The number of hydrogen-bond donors (Lipinski definition) is 1. The molecule has 2 aliphatic rings. The number of carbonyl (C=O) groups is 1. The lowest BCUT2D eigenvalue weighted by Crippen LogP contribution is -2.54. The molecule has 36 heavy (non-hydrogen) atoms. The summed E-state index contributed by atoms with van der Waals surface area (Å²) >= 11 is 0. The third-order valence-electron chi connectivity index (χ3n) is 6.43. The lowest BCUT2D eigenvalue weighted by atomic mass is 10.0. The predicted molar refractivity (Wildman–Crippen MR) is 117 cm³/mol. The molecule has 2 aromatic rings. The van der Waals surface area contributed by atoms with Crippen molar-refractivity contribution >= 4 is 21.6 Å². The van der Waals surface area contributed by atoms with Gasteiger partial charge in [-0.05, 0) is 30.7 Å². The summed E-state index contributed by atoms with van der Waals surface area (Å²) in [6.07, 6.45) is -6.37. The molecule has 2 heterocycles. The number of anilines is 1. The van der Waals surface area contributed by atoms with E-state index >= 15 is 0 Å². The number of nitrogens with one attached hydrogen (secondary N) is 1. The summed E-state index contributed by atoms with van der Waals surface area (Å²) < 4.78 is 95.1. The molecule has 1 aromatic carbocycles. The van der Waals surface area contributed by atoms with E-state index in [1.807, 2.05) is 0 Å². The number of sulfone groups is 1. The summed E-state index contributed by atoms with van der Waals surface area (Å²) in [6.45, 7) is 1.24. The zero-order valence-electron chi connectivity index (χ0n) is 19.0. The third kappa shape index (κ3) is 5.59. The van der Waals surface area contributed by atoms with Gasteiger partial charge in [0.25, 0.3) is 0 Å². The van der Waals surface area contributed by atoms with Crippen LogP contribution in [-0.2, 0) is 25.9 Å². The summed E-state index contributed by atoms with van der Waals surface area (Å²) in [5.41, 5.74) is 0.328. The molecule has 4 rings (SSSR count). The first kappa shape index (κ1) is 26.2. The molecular weight excluding hydrogens is 511 g/mol. The Kier molecular flexibility index (Phi) is 7.19. The molecule has 1 unspecified atom stereocenters. The Balaban J connectivity index is 1.41. The summed E-state index contributed by atoms with van der Waals surface area (Å²) in [5.74, 6) is -3.11. The summed E-state index contributed by atoms with van der Waals surface area (Å²) in [4.78, 5) is 22.3. The third-order valence-corrected chi connectivity index (χ3v) is 8.83. The van der Waals surface area contributed by atoms with Crippen molar-refractivity contribution in [1.29, 1.82) is 0 Å². The van der Waals surface area contributed by atoms with Crippen molar-refractivity contribution in [2.45, 2.75) is 48.7 Å². The maximum absolute atomic E-state index is 14.6. The second kappa shape index (κ2) is 9.88. The van der Waals surface area contributed by atoms with Gasteiger partial charge in [-0.15, -0.1) is 13.2 Å². The van der Waals surface area contributed by atoms with E-state index in [1.165, 1.54) is 19.3 Å². The van der Waals surface area contributed by atoms with E-state index in [4.69, 9.17) is 0 Å². The van der Waals surface area contributed by atoms with Gasteiger partial charge in [-0.3, -0.25) is 9.53 Å². The summed E-state index contributed by atoms with van der Waals surface area (Å²) in [5, 5.41) is 1.23. The Labute approximate surface area is 203 Å². The standard InChI is InChI=1S/C22H23F5N4O4S/c1-12-18(24)7-17(20(12)36(33,34)16-4-2-13(23)3-5-16)21(32)28-8-14-6-19(30-11-29-14)31-9-15(10-31)35-22(25,26)27/h2-6,11-12,15,17-18,20H,7-10H2,1H3,(H,28,32)/t12-,17+,18+,20?/m0/s1. The zero-order chi connectivity index (χ0) is 26.3. The van der Waals surface area contributed by atoms with E-state index in [0.29, 0.717) is 11.5 Å². The molecule has 1 aliphatic carbocycles. The van der Waals surface area contributed by atoms with E-state index in [0.717, 1.165) is 24.3 Å². The Hall–Kier alpha value is -2.87. The molecule has 0 bridgehead atoms. The first-order valence-corrected chi connectivity index (χ1v) is 12.6. The maximum Gasteiger partial charge on any atom is 0.522 e. The number of carbonyl (C=O) groups excluding carboxylic acids is 1. The van der Waals surface area contributed by atoms with E-state index in [9.17, 15) is 35.2 Å². The molecule has 0 radical (unpaired) electrons. The molecular formula is C22H23F5N4O4S. The van der Waals surface area contributed by atoms with E-state index < -0.39 is 57.3 Å². The minimum atomic E-state index is -4.73. The van der Waals surface area contributed by atoms with Gasteiger partial charge in [0.15, 0.2) is 9.84 Å². The molecule has 1 N–H and O–H groups in total. The molecule has 2 fully saturated rings. The van der Waals surface area contributed by atoms with E-state index in [-0.39, 0.29) is 31.0 Å². The fourth-order valence-electron chi connectivity index (χ4n) is 4.55. The van der Waals surface area contributed by atoms with Gasteiger partial charge in [-0.1, -0.05) is 6.92 Å². The molecule has 196 valence electrons. The molecule has 1 saturated heterocycles. The second-order valence-corrected chi connectivity index (χ2v) is 11.0. The van der Waals surface area contributed by atoms with E-state index in [2.05, 4.69) is 20.0 Å². The summed E-state index contributed by atoms with van der Waals surface area (Å²) in [6, 6.07) is 5.61. The summed E-state index contributed by atoms with van der Waals surface area (Å²) in [7, 11) is -4.14. The molecule has 14 heteroatoms. The van der Waals surface area contributed by atoms with Crippen LogP contribution in [0, 0.1) is 17.7 Å². The van der Waals surface area contributed by atoms with Crippen LogP contribution in [0.15, 0.2) is 41.6 Å². The number of ether oxygens (including phenoxy) is 1. The van der Waals surface area contributed by atoms with Crippen molar-refractivity contribution in [2.24, 2.45) is 11.8 Å². The Bertz CT molecular complexity index is 1210. The average Bonchev–Trinajstić information content (AvgIpc) is 3.09. The minimum Gasteiger partial charge on any atom is -0.351 e. The number of nitrogens with zero attached hydrogens (tertiary/aromatic N) is 3. The van der Waals surface area contributed by atoms with Crippen LogP contribution in [0.25, 0.3) is 0 Å². The minimum absolute atomic E-state index is 0.0247. The average molecular weight is 535 g/mol. The van der Waals surface area contributed by atoms with Crippen LogP contribution in [0.1, 0.15) is 19.0 Å². The smallest absolute Gasteiger partial charge is 0.351 e. The SMILES string of the molecule is C[C@@H]1C(S(=O)(=O)c2ccc(F)cc2)[C@H](C(=O)NCc2cc(N3CC(OC(F)(F)F)C3)ncn2)C[C@H]1F. The van der Waals surface area contributed by atoms with Crippen molar-refractivity contribution < 1.29 is 39.9 Å². The normalized spacial score (nSPS) is 25.0. The van der Waals surface area contributed by atoms with Crippen LogP contribution >= 0.6 is 0 Å². The van der Waals surface area contributed by atoms with Crippen LogP contribution in [0.3, 0.4) is 0 Å². The number of alkyl halides is 4. The first-order valence-electron chi connectivity index (χ1n) is 11.1. The monoisotopic (exact) mass is 534 g/mol. The number of rotatable bonds is 7. The highest BCUT2D eigenvalue weighted by Crippen LogP contribution is 2.41. The zero-order valence-corrected chi connectivity index (χ0v) is 19.8. The molecule has 0 spiro atoms. The van der Waals surface area contributed by atoms with Gasteiger partial charge in [0.1, 0.15) is 30.2 Å². The number of aromatic nitrogens is 2. The molecule has 8 nitrogen and oxygen atoms in total. The first-order chi connectivity index (χ1) is 16.8. The quantitative estimate of drug-likeness (QED) is 0.431. The topological polar surface area (TPSA) is 101 Å². The van der Waals surface area contributed by atoms with Crippen LogP contribution in [-0.4, -0.2) is 61.3 Å². The maximum atomic E-state index is 14.6. The number of halogens is 5. The number of amides is 1. The Morgan fingerprint density at radius 3 is 2.50 bits per heavy atom. The van der Waals surface area contributed by atoms with Crippen LogP contribution in [0.2, 0.25) is 0 Å². The van der Waals surface area contributed by atoms with Crippen LogP contribution < -0.4 is 10.2 Å². The van der Waals surface area contributed by atoms with Gasteiger partial charge in [0.05, 0.1) is 28.3 Å². The van der Waals surface area contributed by atoms with Crippen molar-refractivity contribution in [3.05, 3.63) is 48.2 Å². The molecule has 4 atom stereocenters. The molecule has 1 amide bonds. The lowest BCUT2D eigenvalue weighted by Gasteiger charge is -2.39. The van der Waals surface area contributed by atoms with Gasteiger partial charge < -0.3 is 10.2 Å². The second-order valence-electron chi connectivity index (χ2n) is 8.86. The van der Waals surface area contributed by atoms with Crippen LogP contribution in [0.4, 0.5) is 27.8 Å². The predicted octanol–water partition coefficient (Wildman–Crippen LogP) is 2.79. The Morgan fingerprint density at radius 2 is 1.86 bits per heavy atom. The van der Waals surface area contributed by atoms with E-state index in [1.54, 1.807) is 4.90 Å². The van der Waals surface area contributed by atoms with Crippen molar-refractivity contribution in [1.82, 2.24) is 15.3 Å². The fourth-order valence-corrected chi connectivity index (χ4v) is 6.79. The van der Waals surface area contributed by atoms with Gasteiger partial charge in [0, 0.05) is 25.1 Å².